The maximum absolute atomic E-state index is 6.53. The van der Waals surface area contributed by atoms with Gasteiger partial charge in [-0.25, -0.2) is 0 Å². The molecule has 0 N–H and O–H groups in total. The Morgan fingerprint density at radius 3 is 2.60 bits per heavy atom. The molecule has 5 aliphatic rings. The highest BCUT2D eigenvalue weighted by atomic mass is 16.7. The third-order valence-corrected chi connectivity index (χ3v) is 11.7. The van der Waals surface area contributed by atoms with Crippen LogP contribution in [0.25, 0.3) is 0 Å². The average molecular weight is 485 g/mol. The van der Waals surface area contributed by atoms with Crippen LogP contribution in [-0.4, -0.2) is 19.0 Å². The number of rotatable bonds is 8. The number of ether oxygens (including phenoxy) is 2. The van der Waals surface area contributed by atoms with E-state index in [-0.39, 0.29) is 6.29 Å². The molecule has 9 atom stereocenters. The molecule has 0 aromatic heterocycles. The van der Waals surface area contributed by atoms with Gasteiger partial charge in [0.05, 0.1) is 6.10 Å². The smallest absolute Gasteiger partial charge is 0.157 e. The van der Waals surface area contributed by atoms with Crippen LogP contribution in [0, 0.1) is 46.8 Å². The van der Waals surface area contributed by atoms with Gasteiger partial charge in [-0.3, -0.25) is 0 Å². The Labute approximate surface area is 217 Å². The van der Waals surface area contributed by atoms with Crippen LogP contribution in [-0.2, 0) is 9.47 Å². The number of hydrogen-bond acceptors (Lipinski definition) is 2. The lowest BCUT2D eigenvalue weighted by molar-refractivity contribution is -0.190. The minimum atomic E-state index is 0.0700. The molecule has 200 valence electrons. The largest absolute Gasteiger partial charge is 0.353 e. The van der Waals surface area contributed by atoms with Crippen LogP contribution in [0.15, 0.2) is 11.1 Å². The lowest BCUT2D eigenvalue weighted by Crippen LogP contribution is -2.46. The summed E-state index contributed by atoms with van der Waals surface area (Å²) in [5, 5.41) is 0. The topological polar surface area (TPSA) is 18.5 Å². The first-order chi connectivity index (χ1) is 16.9. The van der Waals surface area contributed by atoms with Gasteiger partial charge in [0.25, 0.3) is 0 Å². The minimum Gasteiger partial charge on any atom is -0.353 e. The van der Waals surface area contributed by atoms with E-state index >= 15 is 0 Å². The van der Waals surface area contributed by atoms with E-state index < -0.39 is 0 Å². The molecule has 1 aliphatic heterocycles. The molecule has 5 rings (SSSR count). The number of hydrogen-bond donors (Lipinski definition) is 0. The van der Waals surface area contributed by atoms with Crippen LogP contribution in [0.4, 0.5) is 0 Å². The van der Waals surface area contributed by atoms with Gasteiger partial charge in [-0.1, -0.05) is 65.0 Å². The van der Waals surface area contributed by atoms with Crippen molar-refractivity contribution in [1.82, 2.24) is 0 Å². The highest BCUT2D eigenvalue weighted by Crippen LogP contribution is 2.65. The third kappa shape index (κ3) is 5.32. The zero-order valence-electron chi connectivity index (χ0n) is 23.8. The monoisotopic (exact) mass is 484 g/mol. The fraction of sp³-hybridized carbons (Fsp3) is 0.939. The molecule has 2 heteroatoms. The molecular weight excluding hydrogens is 428 g/mol. The van der Waals surface area contributed by atoms with Crippen LogP contribution in [0.2, 0.25) is 0 Å². The predicted octanol–water partition coefficient (Wildman–Crippen LogP) is 9.33. The number of fused-ring (bicyclic) bond motifs is 4. The van der Waals surface area contributed by atoms with Crippen LogP contribution in [0.5, 0.6) is 0 Å². The lowest BCUT2D eigenvalue weighted by Gasteiger charge is -2.55. The Hall–Kier alpha value is -0.340. The Kier molecular flexibility index (Phi) is 8.40. The van der Waals surface area contributed by atoms with E-state index in [9.17, 15) is 0 Å². The van der Waals surface area contributed by atoms with Crippen LogP contribution >= 0.6 is 0 Å². The molecule has 0 radical (unpaired) electrons. The van der Waals surface area contributed by atoms with E-state index in [1.807, 2.05) is 11.1 Å². The van der Waals surface area contributed by atoms with Gasteiger partial charge in [-0.2, -0.15) is 0 Å². The summed E-state index contributed by atoms with van der Waals surface area (Å²) in [4.78, 5) is 0. The van der Waals surface area contributed by atoms with Crippen LogP contribution in [0.3, 0.4) is 0 Å². The van der Waals surface area contributed by atoms with Crippen molar-refractivity contribution in [2.45, 2.75) is 143 Å². The summed E-state index contributed by atoms with van der Waals surface area (Å²) < 4.78 is 12.5. The summed E-state index contributed by atoms with van der Waals surface area (Å²) in [6, 6.07) is 0. The Bertz CT molecular complexity index is 733. The second kappa shape index (κ2) is 11.2. The summed E-state index contributed by atoms with van der Waals surface area (Å²) >= 11 is 0. The standard InChI is InChI=1S/C33H56O2/c1-6-24-20-29-27(26-14-13-25(21-28(24)26)35-32-12-7-8-19-34-32)17-18-33(5)30(15-16-31(29)33)23(4)11-9-10-22(2)3/h22-25,27,29-32H,6-21H2,1-5H3/t23-,24?,25+,27-,29-,30-,31+,32?,33-/m1/s1. The zero-order valence-corrected chi connectivity index (χ0v) is 23.8. The van der Waals surface area contributed by atoms with Gasteiger partial charge in [-0.05, 0) is 124 Å². The molecule has 4 aliphatic carbocycles. The van der Waals surface area contributed by atoms with Gasteiger partial charge in [0.2, 0.25) is 0 Å². The van der Waals surface area contributed by atoms with Gasteiger partial charge in [0.15, 0.2) is 6.29 Å². The molecule has 35 heavy (non-hydrogen) atoms. The number of allylic oxidation sites excluding steroid dienone is 1. The van der Waals surface area contributed by atoms with E-state index in [2.05, 4.69) is 34.6 Å². The summed E-state index contributed by atoms with van der Waals surface area (Å²) in [5.41, 5.74) is 4.38. The molecule has 0 aromatic rings. The molecule has 2 saturated carbocycles. The Morgan fingerprint density at radius 2 is 1.86 bits per heavy atom. The van der Waals surface area contributed by atoms with Crippen molar-refractivity contribution in [2.75, 3.05) is 6.61 Å². The van der Waals surface area contributed by atoms with Crippen molar-refractivity contribution in [2.24, 2.45) is 46.8 Å². The van der Waals surface area contributed by atoms with E-state index in [1.165, 1.54) is 89.9 Å². The van der Waals surface area contributed by atoms with Gasteiger partial charge in [0, 0.05) is 6.61 Å². The molecular formula is C33H56O2. The molecule has 0 aromatic carbocycles. The lowest BCUT2D eigenvalue weighted by atomic mass is 9.50. The molecule has 1 heterocycles. The third-order valence-electron chi connectivity index (χ3n) is 11.7. The summed E-state index contributed by atoms with van der Waals surface area (Å²) in [7, 11) is 0. The fourth-order valence-electron chi connectivity index (χ4n) is 9.91. The van der Waals surface area contributed by atoms with Crippen molar-refractivity contribution < 1.29 is 9.47 Å². The van der Waals surface area contributed by atoms with E-state index in [1.54, 1.807) is 0 Å². The highest BCUT2D eigenvalue weighted by molar-refractivity contribution is 5.29. The van der Waals surface area contributed by atoms with E-state index in [4.69, 9.17) is 9.47 Å². The predicted molar refractivity (Wildman–Crippen MR) is 146 cm³/mol. The normalized spacial score (nSPS) is 42.5. The SMILES string of the molecule is CCC1C[C@@H]2[C@H](CC[C@]3(C)[C@@H]([C@H](C)CCCC(C)C)CC[C@@H]23)C2=C1C[C@@H](OC1CCCCO1)CC2. The van der Waals surface area contributed by atoms with Gasteiger partial charge in [-0.15, -0.1) is 0 Å². The Morgan fingerprint density at radius 1 is 1.00 bits per heavy atom. The van der Waals surface area contributed by atoms with Crippen molar-refractivity contribution in [1.29, 1.82) is 0 Å². The van der Waals surface area contributed by atoms with Gasteiger partial charge < -0.3 is 9.47 Å². The fourth-order valence-corrected chi connectivity index (χ4v) is 9.91. The molecule has 2 unspecified atom stereocenters. The van der Waals surface area contributed by atoms with Crippen LogP contribution < -0.4 is 0 Å². The maximum Gasteiger partial charge on any atom is 0.157 e. The summed E-state index contributed by atoms with van der Waals surface area (Å²) in [6.07, 6.45) is 20.9. The molecule has 0 amide bonds. The summed E-state index contributed by atoms with van der Waals surface area (Å²) in [5.74, 6) is 6.39. The maximum atomic E-state index is 6.53. The average Bonchev–Trinajstić information content (AvgIpc) is 3.21. The first-order valence-electron chi connectivity index (χ1n) is 15.9. The molecule has 0 bridgehead atoms. The first-order valence-corrected chi connectivity index (χ1v) is 15.9. The summed E-state index contributed by atoms with van der Waals surface area (Å²) in [6.45, 7) is 13.5. The first kappa shape index (κ1) is 26.3. The van der Waals surface area contributed by atoms with Gasteiger partial charge in [0.1, 0.15) is 0 Å². The van der Waals surface area contributed by atoms with Crippen molar-refractivity contribution in [3.63, 3.8) is 0 Å². The highest BCUT2D eigenvalue weighted by Gasteiger charge is 2.56. The van der Waals surface area contributed by atoms with Crippen molar-refractivity contribution >= 4 is 0 Å². The van der Waals surface area contributed by atoms with Crippen LogP contribution in [0.1, 0.15) is 131 Å². The van der Waals surface area contributed by atoms with Gasteiger partial charge >= 0.3 is 0 Å². The van der Waals surface area contributed by atoms with Crippen molar-refractivity contribution in [3.05, 3.63) is 11.1 Å². The zero-order chi connectivity index (χ0) is 24.6. The van der Waals surface area contributed by atoms with Crippen molar-refractivity contribution in [3.8, 4) is 0 Å². The molecule has 2 nitrogen and oxygen atoms in total. The molecule has 1 saturated heterocycles. The van der Waals surface area contributed by atoms with E-state index in [0.717, 1.165) is 54.5 Å². The molecule has 3 fully saturated rings. The Balaban J connectivity index is 1.27. The second-order valence-corrected chi connectivity index (χ2v) is 14.1. The second-order valence-electron chi connectivity index (χ2n) is 14.1. The molecule has 0 spiro atoms. The van der Waals surface area contributed by atoms with E-state index in [0.29, 0.717) is 11.5 Å². The minimum absolute atomic E-state index is 0.0700. The quantitative estimate of drug-likeness (QED) is 0.319.